The summed E-state index contributed by atoms with van der Waals surface area (Å²) in [5.74, 6) is 0.307. The number of thioether (sulfide) groups is 1. The van der Waals surface area contributed by atoms with Crippen molar-refractivity contribution in [2.45, 2.75) is 32.0 Å². The molecular weight excluding hydrogens is 354 g/mol. The fraction of sp³-hybridized carbons (Fsp3) is 0.294. The van der Waals surface area contributed by atoms with Gasteiger partial charge in [0.2, 0.25) is 5.82 Å². The van der Waals surface area contributed by atoms with Crippen molar-refractivity contribution in [3.8, 4) is 11.4 Å². The van der Waals surface area contributed by atoms with Crippen LogP contribution in [0.25, 0.3) is 11.4 Å². The third-order valence-corrected chi connectivity index (χ3v) is 4.12. The quantitative estimate of drug-likeness (QED) is 0.367. The molecule has 0 aromatic carbocycles. The fourth-order valence-corrected chi connectivity index (χ4v) is 2.91. The molecule has 0 radical (unpaired) electrons. The minimum Gasteiger partial charge on any atom is -0.452 e. The predicted octanol–water partition coefficient (Wildman–Crippen LogP) is 2.93. The van der Waals surface area contributed by atoms with Crippen LogP contribution < -0.4 is 0 Å². The zero-order valence-electron chi connectivity index (χ0n) is 14.5. The van der Waals surface area contributed by atoms with Gasteiger partial charge in [0.15, 0.2) is 11.3 Å². The van der Waals surface area contributed by atoms with Crippen molar-refractivity contribution in [1.82, 2.24) is 25.1 Å². The van der Waals surface area contributed by atoms with Gasteiger partial charge >= 0.3 is 5.97 Å². The number of nitrogens with zero attached hydrogens (tertiary/aromatic N) is 5. The Bertz CT molecular complexity index is 880. The fourth-order valence-electron chi connectivity index (χ4n) is 2.18. The molecule has 0 fully saturated rings. The lowest BCUT2D eigenvalue weighted by atomic mass is 10.3. The summed E-state index contributed by atoms with van der Waals surface area (Å²) in [6, 6.07) is 5.47. The number of carbonyl (C=O) groups excluding carboxylic acids is 1. The smallest absolute Gasteiger partial charge is 0.317 e. The van der Waals surface area contributed by atoms with Gasteiger partial charge in [-0.2, -0.15) is 4.98 Å². The average molecular weight is 371 g/mol. The molecule has 1 atom stereocenters. The van der Waals surface area contributed by atoms with Gasteiger partial charge in [0.1, 0.15) is 0 Å². The summed E-state index contributed by atoms with van der Waals surface area (Å²) in [6.07, 6.45) is 2.64. The van der Waals surface area contributed by atoms with Gasteiger partial charge in [-0.3, -0.25) is 9.78 Å². The third kappa shape index (κ3) is 4.63. The monoisotopic (exact) mass is 371 g/mol. The number of pyridine rings is 1. The Labute approximate surface area is 154 Å². The van der Waals surface area contributed by atoms with E-state index >= 15 is 0 Å². The first-order valence-electron chi connectivity index (χ1n) is 7.90. The number of aromatic nitrogens is 5. The Morgan fingerprint density at radius 1 is 1.27 bits per heavy atom. The lowest BCUT2D eigenvalue weighted by Gasteiger charge is -2.08. The van der Waals surface area contributed by atoms with E-state index in [2.05, 4.69) is 25.1 Å². The van der Waals surface area contributed by atoms with Gasteiger partial charge in [-0.1, -0.05) is 16.9 Å². The molecule has 0 aliphatic rings. The maximum atomic E-state index is 12.0. The van der Waals surface area contributed by atoms with E-state index in [4.69, 9.17) is 9.26 Å². The summed E-state index contributed by atoms with van der Waals surface area (Å²) in [5.41, 5.74) is 2.44. The number of rotatable bonds is 6. The molecule has 0 spiro atoms. The van der Waals surface area contributed by atoms with Gasteiger partial charge in [0.25, 0.3) is 5.89 Å². The SMILES string of the molecule is Cc1cc(C)nc(SCC(=O)OC(C)c2nc(-c3cccnc3)no2)n1. The molecule has 3 aromatic rings. The molecule has 26 heavy (non-hydrogen) atoms. The molecule has 8 nitrogen and oxygen atoms in total. The summed E-state index contributed by atoms with van der Waals surface area (Å²) in [5, 5.41) is 4.43. The summed E-state index contributed by atoms with van der Waals surface area (Å²) in [4.78, 5) is 28.9. The number of ether oxygens (including phenoxy) is 1. The Kier molecular flexibility index (Phi) is 5.57. The third-order valence-electron chi connectivity index (χ3n) is 3.30. The summed E-state index contributed by atoms with van der Waals surface area (Å²) < 4.78 is 10.5. The molecule has 0 N–H and O–H groups in total. The number of carbonyl (C=O) groups is 1. The normalized spacial score (nSPS) is 12.0. The van der Waals surface area contributed by atoms with Crippen molar-refractivity contribution in [1.29, 1.82) is 0 Å². The second-order valence-corrected chi connectivity index (χ2v) is 6.49. The van der Waals surface area contributed by atoms with Gasteiger partial charge in [-0.15, -0.1) is 0 Å². The van der Waals surface area contributed by atoms with Crippen LogP contribution in [0.1, 0.15) is 30.3 Å². The predicted molar refractivity (Wildman–Crippen MR) is 94.3 cm³/mol. The van der Waals surface area contributed by atoms with Crippen LogP contribution in [0.15, 0.2) is 40.3 Å². The minimum absolute atomic E-state index is 0.0941. The Hall–Kier alpha value is -2.81. The van der Waals surface area contributed by atoms with Gasteiger partial charge in [0.05, 0.1) is 5.75 Å². The molecule has 0 bridgehead atoms. The first kappa shape index (κ1) is 18.0. The molecule has 9 heteroatoms. The standard InChI is InChI=1S/C17H17N5O3S/c1-10-7-11(2)20-17(19-10)26-9-14(23)24-12(3)16-21-15(22-25-16)13-5-4-6-18-8-13/h4-8,12H,9H2,1-3H3. The van der Waals surface area contributed by atoms with Crippen LogP contribution in [0, 0.1) is 13.8 Å². The molecule has 3 heterocycles. The maximum absolute atomic E-state index is 12.0. The van der Waals surface area contributed by atoms with Crippen LogP contribution in [0.3, 0.4) is 0 Å². The van der Waals surface area contributed by atoms with Gasteiger partial charge in [-0.05, 0) is 39.0 Å². The van der Waals surface area contributed by atoms with E-state index in [1.54, 1.807) is 25.4 Å². The molecule has 0 aliphatic heterocycles. The van der Waals surface area contributed by atoms with E-state index in [9.17, 15) is 4.79 Å². The van der Waals surface area contributed by atoms with Crippen molar-refractivity contribution >= 4 is 17.7 Å². The molecule has 3 aromatic heterocycles. The van der Waals surface area contributed by atoms with Crippen molar-refractivity contribution in [3.63, 3.8) is 0 Å². The molecule has 0 amide bonds. The molecular formula is C17H17N5O3S. The lowest BCUT2D eigenvalue weighted by molar-refractivity contribution is -0.146. The highest BCUT2D eigenvalue weighted by Crippen LogP contribution is 2.21. The highest BCUT2D eigenvalue weighted by atomic mass is 32.2. The first-order chi connectivity index (χ1) is 12.5. The summed E-state index contributed by atoms with van der Waals surface area (Å²) in [7, 11) is 0. The van der Waals surface area contributed by atoms with E-state index in [0.29, 0.717) is 11.0 Å². The van der Waals surface area contributed by atoms with Crippen LogP contribution in [-0.4, -0.2) is 36.8 Å². The van der Waals surface area contributed by atoms with Gasteiger partial charge in [0, 0.05) is 29.3 Å². The Morgan fingerprint density at radius 3 is 2.73 bits per heavy atom. The second kappa shape index (κ2) is 8.05. The zero-order valence-corrected chi connectivity index (χ0v) is 15.4. The lowest BCUT2D eigenvalue weighted by Crippen LogP contribution is -2.11. The highest BCUT2D eigenvalue weighted by molar-refractivity contribution is 7.99. The molecule has 1 unspecified atom stereocenters. The van der Waals surface area contributed by atoms with Gasteiger partial charge < -0.3 is 9.26 Å². The van der Waals surface area contributed by atoms with E-state index in [-0.39, 0.29) is 11.6 Å². The number of hydrogen-bond donors (Lipinski definition) is 0. The molecule has 0 saturated heterocycles. The molecule has 3 rings (SSSR count). The highest BCUT2D eigenvalue weighted by Gasteiger charge is 2.19. The number of esters is 1. The Morgan fingerprint density at radius 2 is 2.04 bits per heavy atom. The topological polar surface area (TPSA) is 104 Å². The number of aryl methyl sites for hydroxylation is 2. The van der Waals surface area contributed by atoms with Crippen LogP contribution in [-0.2, 0) is 9.53 Å². The minimum atomic E-state index is -0.652. The van der Waals surface area contributed by atoms with E-state index in [1.807, 2.05) is 26.0 Å². The van der Waals surface area contributed by atoms with Crippen molar-refractivity contribution in [2.24, 2.45) is 0 Å². The molecule has 0 aliphatic carbocycles. The van der Waals surface area contributed by atoms with E-state index < -0.39 is 12.1 Å². The van der Waals surface area contributed by atoms with Crippen molar-refractivity contribution in [3.05, 3.63) is 47.9 Å². The van der Waals surface area contributed by atoms with Crippen LogP contribution >= 0.6 is 11.8 Å². The largest absolute Gasteiger partial charge is 0.452 e. The van der Waals surface area contributed by atoms with E-state index in [0.717, 1.165) is 17.0 Å². The maximum Gasteiger partial charge on any atom is 0.317 e. The van der Waals surface area contributed by atoms with Crippen LogP contribution in [0.5, 0.6) is 0 Å². The Balaban J connectivity index is 1.57. The molecule has 134 valence electrons. The zero-order chi connectivity index (χ0) is 18.5. The van der Waals surface area contributed by atoms with Gasteiger partial charge in [-0.25, -0.2) is 9.97 Å². The molecule has 0 saturated carbocycles. The van der Waals surface area contributed by atoms with Crippen molar-refractivity contribution in [2.75, 3.05) is 5.75 Å². The first-order valence-corrected chi connectivity index (χ1v) is 8.88. The number of hydrogen-bond acceptors (Lipinski definition) is 9. The summed E-state index contributed by atoms with van der Waals surface area (Å²) >= 11 is 1.22. The van der Waals surface area contributed by atoms with E-state index in [1.165, 1.54) is 11.8 Å². The van der Waals surface area contributed by atoms with Crippen LogP contribution in [0.2, 0.25) is 0 Å². The average Bonchev–Trinajstić information content (AvgIpc) is 3.10. The summed E-state index contributed by atoms with van der Waals surface area (Å²) in [6.45, 7) is 5.44. The second-order valence-electron chi connectivity index (χ2n) is 5.55. The van der Waals surface area contributed by atoms with Crippen molar-refractivity contribution < 1.29 is 14.1 Å². The van der Waals surface area contributed by atoms with Crippen LogP contribution in [0.4, 0.5) is 0 Å².